The van der Waals surface area contributed by atoms with Gasteiger partial charge in [0.1, 0.15) is 33.0 Å². The first kappa shape index (κ1) is 86.4. The van der Waals surface area contributed by atoms with Gasteiger partial charge in [-0.05, 0) is 262 Å². The number of phenolic OH excluding ortho intramolecular Hbond substituents is 2. The molecule has 0 saturated heterocycles. The third-order valence-electron chi connectivity index (χ3n) is 27.7. The molecule has 10 heterocycles. The first-order valence-electron chi connectivity index (χ1n) is 44.3. The summed E-state index contributed by atoms with van der Waals surface area (Å²) in [7, 11) is 8.99. The van der Waals surface area contributed by atoms with Crippen molar-refractivity contribution in [1.82, 2.24) is 24.9 Å². The quantitative estimate of drug-likeness (QED) is 0.0230. The number of hydrogen-bond donors (Lipinski definition) is 8. The van der Waals surface area contributed by atoms with Gasteiger partial charge in [0.05, 0.1) is 87.6 Å². The van der Waals surface area contributed by atoms with E-state index in [9.17, 15) is 53.8 Å². The van der Waals surface area contributed by atoms with Crippen molar-refractivity contribution < 1.29 is 101 Å². The number of H-pyrrole nitrogens is 5. The number of cyclic esters (lactones) is 5. The molecule has 5 aliphatic carbocycles. The number of ether oxygens (including phenoxy) is 11. The molecule has 8 N–H and O–H groups in total. The number of aromatic nitrogens is 5. The van der Waals surface area contributed by atoms with Crippen LogP contribution in [0.15, 0.2) is 256 Å². The van der Waals surface area contributed by atoms with E-state index in [0.717, 1.165) is 156 Å². The summed E-state index contributed by atoms with van der Waals surface area (Å²) in [5.74, 6) is -1.13. The maximum absolute atomic E-state index is 13.9. The largest absolute Gasteiger partial charge is 0.504 e. The summed E-state index contributed by atoms with van der Waals surface area (Å²) < 4.78 is 72.5. The Morgan fingerprint density at radius 2 is 0.699 bits per heavy atom. The molecule has 0 amide bonds. The summed E-state index contributed by atoms with van der Waals surface area (Å²) in [5.41, 5.74) is 30.1. The van der Waals surface area contributed by atoms with Crippen LogP contribution < -0.4 is 28.4 Å². The summed E-state index contributed by atoms with van der Waals surface area (Å²) in [6.45, 7) is 3.44. The Bertz CT molecular complexity index is 7600. The molecule has 684 valence electrons. The topological polar surface area (TPSA) is 370 Å². The number of phenols is 2. The van der Waals surface area contributed by atoms with Crippen LogP contribution in [0, 0.1) is 22.9 Å². The Labute approximate surface area is 775 Å². The zero-order valence-corrected chi connectivity index (χ0v) is 74.7. The number of hydrogen-bond acceptors (Lipinski definition) is 21. The Balaban J connectivity index is 0.000000102. The maximum Gasteiger partial charge on any atom is 0.335 e. The number of nitrogens with zero attached hydrogens (tertiary/aromatic N) is 1. The number of aromatic amines is 5. The van der Waals surface area contributed by atoms with Crippen molar-refractivity contribution in [1.29, 1.82) is 0 Å². The van der Waals surface area contributed by atoms with Crippen molar-refractivity contribution in [2.24, 2.45) is 0 Å². The van der Waals surface area contributed by atoms with Gasteiger partial charge < -0.3 is 92.3 Å². The van der Waals surface area contributed by atoms with E-state index in [4.69, 9.17) is 52.1 Å². The molecule has 0 bridgehead atoms. The van der Waals surface area contributed by atoms with Gasteiger partial charge >= 0.3 is 35.5 Å². The second-order valence-corrected chi connectivity index (χ2v) is 34.9. The van der Waals surface area contributed by atoms with Gasteiger partial charge in [0, 0.05) is 93.8 Å². The number of benzene rings is 10. The van der Waals surface area contributed by atoms with E-state index in [1.807, 2.05) is 86.3 Å². The molecule has 15 aromatic rings. The zero-order chi connectivity index (χ0) is 93.9. The molecule has 0 radical (unpaired) electrons. The van der Waals surface area contributed by atoms with E-state index in [2.05, 4.69) is 85.6 Å². The average Bonchev–Trinajstić information content (AvgIpc) is 1.54. The number of nitro groups is 1. The minimum Gasteiger partial charge on any atom is -0.504 e. The number of aliphatic hydroxyl groups is 1. The van der Waals surface area contributed by atoms with Crippen molar-refractivity contribution in [3.05, 3.63) is 367 Å². The van der Waals surface area contributed by atoms with E-state index in [-0.39, 0.29) is 95.4 Å². The van der Waals surface area contributed by atoms with Crippen LogP contribution >= 0.6 is 0 Å². The highest BCUT2D eigenvalue weighted by atomic mass is 19.1. The highest BCUT2D eigenvalue weighted by molar-refractivity contribution is 6.03. The fourth-order valence-electron chi connectivity index (χ4n) is 21.7. The first-order valence-corrected chi connectivity index (χ1v) is 44.3. The highest BCUT2D eigenvalue weighted by Gasteiger charge is 2.46. The van der Waals surface area contributed by atoms with Crippen LogP contribution in [-0.2, 0) is 86.4 Å². The average molecular weight is 1830 g/mol. The van der Waals surface area contributed by atoms with Crippen molar-refractivity contribution in [2.75, 3.05) is 75.7 Å². The molecule has 10 aromatic carbocycles. The van der Waals surface area contributed by atoms with Crippen molar-refractivity contribution in [3.8, 4) is 46.0 Å². The normalized spacial score (nSPS) is 18.3. The number of aromatic hydroxyl groups is 2. The van der Waals surface area contributed by atoms with Crippen molar-refractivity contribution >= 4 is 90.0 Å². The monoisotopic (exact) mass is 1820 g/mol. The number of aryl methyl sites for hydroxylation is 1. The third-order valence-corrected chi connectivity index (χ3v) is 27.7. The molecule has 27 nitrogen and oxygen atoms in total. The Kier molecular flexibility index (Phi) is 22.0. The van der Waals surface area contributed by atoms with Gasteiger partial charge in [-0.25, -0.2) is 28.4 Å². The minimum atomic E-state index is -0.469. The maximum atomic E-state index is 13.9. The molecule has 0 fully saturated rings. The molecular weight excluding hydrogens is 1740 g/mol. The molecule has 5 aliphatic heterocycles. The highest BCUT2D eigenvalue weighted by Crippen LogP contribution is 2.55. The first-order chi connectivity index (χ1) is 66.1. The van der Waals surface area contributed by atoms with E-state index in [1.165, 1.54) is 57.3 Å². The predicted molar refractivity (Wildman–Crippen MR) is 501 cm³/mol. The summed E-state index contributed by atoms with van der Waals surface area (Å²) in [5, 5.41) is 47.2. The second-order valence-electron chi connectivity index (χ2n) is 34.9. The van der Waals surface area contributed by atoms with E-state index in [0.29, 0.717) is 114 Å². The molecule has 5 unspecified atom stereocenters. The van der Waals surface area contributed by atoms with Gasteiger partial charge in [0.15, 0.2) is 51.8 Å². The molecule has 5 aromatic heterocycles. The number of carbonyl (C=O) groups excluding carboxylic acids is 5. The molecule has 10 aliphatic rings. The van der Waals surface area contributed by atoms with Crippen LogP contribution in [0.4, 0.5) is 10.1 Å². The second kappa shape index (κ2) is 34.7. The molecule has 28 heteroatoms. The molecule has 136 heavy (non-hydrogen) atoms. The number of methoxy groups -OCH3 is 6. The summed E-state index contributed by atoms with van der Waals surface area (Å²) in [4.78, 5) is 90.7. The lowest BCUT2D eigenvalue weighted by Gasteiger charge is -2.28. The van der Waals surface area contributed by atoms with Crippen molar-refractivity contribution in [2.45, 2.75) is 75.2 Å². The van der Waals surface area contributed by atoms with Gasteiger partial charge in [0.2, 0.25) is 0 Å². The number of fused-ring (bicyclic) bond motifs is 15. The lowest BCUT2D eigenvalue weighted by molar-refractivity contribution is -0.385. The van der Waals surface area contributed by atoms with Gasteiger partial charge in [-0.2, -0.15) is 0 Å². The van der Waals surface area contributed by atoms with Crippen LogP contribution in [0.5, 0.6) is 46.0 Å². The molecular formula is C108H89FN6O21. The van der Waals surface area contributed by atoms with Crippen LogP contribution in [0.25, 0.3) is 54.5 Å². The molecule has 0 spiro atoms. The number of nitrogens with one attached hydrogen (secondary N) is 5. The Morgan fingerprint density at radius 1 is 0.360 bits per heavy atom. The number of carbonyl (C=O) groups is 5. The van der Waals surface area contributed by atoms with Crippen LogP contribution in [0.1, 0.15) is 124 Å². The van der Waals surface area contributed by atoms with E-state index < -0.39 is 16.7 Å². The van der Waals surface area contributed by atoms with Gasteiger partial charge in [0.25, 0.3) is 0 Å². The summed E-state index contributed by atoms with van der Waals surface area (Å²) >= 11 is 0. The molecule has 5 atom stereocenters. The number of aliphatic hydroxyl groups excluding tert-OH is 1. The Hall–Kier alpha value is -16.4. The summed E-state index contributed by atoms with van der Waals surface area (Å²) in [6, 6.07) is 55.1. The molecule has 25 rings (SSSR count). The van der Waals surface area contributed by atoms with Crippen LogP contribution in [0.3, 0.4) is 0 Å². The van der Waals surface area contributed by atoms with E-state index in [1.54, 1.807) is 62.8 Å². The van der Waals surface area contributed by atoms with Crippen LogP contribution in [0.2, 0.25) is 0 Å². The standard InChI is InChI=1S/C24H23NO5.C21H16FNO3.C21H16N2O5.2C21H17NO4/c1-12-6-14-5-4-13-7-17-11-30-24(27)21(17)19(20(13)22(14)25-12)15-8-16(10-26)23(29-3)18(9-15)28-2;1-25-16-9-13(4-5-15(16)22)17-18-12(3-2-11-6-7-23-20(11)18)8-14-10-26-21(24)19(14)17;1-27-16-5-4-13(9-15(16)23(25)26)17-18-12(3-2-11-6-7-22-20(11)18)8-14-10-28-21(24)19(14)17;1-25-16-5-4-13(9-15(16)23)17-18-12(3-2-11-6-7-22-20(11)18)8-14-10-26-21(24)19(14)17;1-25-16-9-13(4-5-15(16)23)17-18-12(3-2-11-6-7-22-20(11)18)8-14-10-26-21(24)19(14)17/h4-6,8-9,19,25-26H,7,10-11H2,1-3H3;2-7,9,17,23H,8,10H2,1H3;2-7,9,17,22H,8,10H2,1H3;2*2-7,9,17,22-23H,8,10H2,1H3. The fourth-order valence-corrected chi connectivity index (χ4v) is 21.7. The van der Waals surface area contributed by atoms with Gasteiger partial charge in [-0.3, -0.25) is 10.1 Å². The van der Waals surface area contributed by atoms with Gasteiger partial charge in [-0.1, -0.05) is 84.9 Å². The molecule has 0 saturated carbocycles. The third kappa shape index (κ3) is 14.6. The minimum absolute atomic E-state index is 0.0595. The SMILES string of the molecule is COc1cc(C2C3=C(COC3=O)Cc3ccc4cc(C)[nH]c4c32)cc(CO)c1OC.COc1cc(C2C3=C(COC3=O)Cc3ccc4cc[nH]c4c32)ccc1F.COc1cc(C2C3=C(COC3=O)Cc3ccc4cc[nH]c4c32)ccc1O.COc1ccc(C2C3=C(COC3=O)Cc3ccc4cc[nH]c4c32)cc1O.COc1ccc(C2C3=C(COC3=O)Cc3ccc4cc[nH]c4c32)cc1[N+](=O)[O-]. The van der Waals surface area contributed by atoms with Crippen LogP contribution in [-0.4, -0.2) is 151 Å². The zero-order valence-electron chi connectivity index (χ0n) is 74.7. The Morgan fingerprint density at radius 3 is 1.07 bits per heavy atom. The van der Waals surface area contributed by atoms with Crippen molar-refractivity contribution in [3.63, 3.8) is 0 Å². The fraction of sp³-hybridized carbons (Fsp3) is 0.213. The number of nitro benzene ring substituents is 1. The number of rotatable bonds is 13. The number of esters is 5. The lowest BCUT2D eigenvalue weighted by Crippen LogP contribution is -2.19. The smallest absolute Gasteiger partial charge is 0.335 e. The van der Waals surface area contributed by atoms with Gasteiger partial charge in [-0.15, -0.1) is 0 Å². The number of halogens is 1. The van der Waals surface area contributed by atoms with E-state index >= 15 is 0 Å². The summed E-state index contributed by atoms with van der Waals surface area (Å²) in [6.07, 6.45) is 11.0. The lowest BCUT2D eigenvalue weighted by atomic mass is 9.74. The predicted octanol–water partition coefficient (Wildman–Crippen LogP) is 17.9.